The van der Waals surface area contributed by atoms with Gasteiger partial charge in [0, 0.05) is 18.4 Å². The summed E-state index contributed by atoms with van der Waals surface area (Å²) in [6.07, 6.45) is 1.66. The maximum absolute atomic E-state index is 13.0. The van der Waals surface area contributed by atoms with Gasteiger partial charge in [0.25, 0.3) is 5.91 Å². The molecule has 0 radical (unpaired) electrons. The van der Waals surface area contributed by atoms with Crippen LogP contribution in [0.15, 0.2) is 48.7 Å². The minimum Gasteiger partial charge on any atom is -0.366 e. The molecule has 126 valence electrons. The molecule has 0 saturated carbocycles. The lowest BCUT2D eigenvalue weighted by molar-refractivity contribution is -0.0954. The van der Waals surface area contributed by atoms with Crippen molar-refractivity contribution >= 4 is 5.91 Å². The first-order valence-corrected chi connectivity index (χ1v) is 8.47. The van der Waals surface area contributed by atoms with Crippen LogP contribution in [-0.2, 0) is 4.74 Å². The first-order chi connectivity index (χ1) is 11.6. The second-order valence-electron chi connectivity index (χ2n) is 6.66. The number of nitrogens with zero attached hydrogens (tertiary/aromatic N) is 2. The number of hydrogen-bond donors (Lipinski definition) is 0. The molecule has 2 atom stereocenters. The van der Waals surface area contributed by atoms with Gasteiger partial charge in [-0.05, 0) is 30.5 Å². The van der Waals surface area contributed by atoms with Gasteiger partial charge >= 0.3 is 0 Å². The fourth-order valence-electron chi connectivity index (χ4n) is 3.06. The van der Waals surface area contributed by atoms with E-state index in [9.17, 15) is 4.79 Å². The highest BCUT2D eigenvalue weighted by Gasteiger charge is 2.33. The zero-order chi connectivity index (χ0) is 17.1. The van der Waals surface area contributed by atoms with Gasteiger partial charge in [0.2, 0.25) is 0 Å². The zero-order valence-electron chi connectivity index (χ0n) is 14.5. The molecular weight excluding hydrogens is 300 g/mol. The van der Waals surface area contributed by atoms with Crippen molar-refractivity contribution in [2.24, 2.45) is 5.92 Å². The summed E-state index contributed by atoms with van der Waals surface area (Å²) in [6.45, 7) is 7.34. The molecule has 0 bridgehead atoms. The molecule has 24 heavy (non-hydrogen) atoms. The van der Waals surface area contributed by atoms with Crippen LogP contribution in [0.5, 0.6) is 0 Å². The fourth-order valence-corrected chi connectivity index (χ4v) is 3.06. The van der Waals surface area contributed by atoms with Crippen LogP contribution in [0.3, 0.4) is 0 Å². The van der Waals surface area contributed by atoms with E-state index in [0.717, 1.165) is 11.3 Å². The Morgan fingerprint density at radius 2 is 1.92 bits per heavy atom. The third-order valence-corrected chi connectivity index (χ3v) is 4.57. The van der Waals surface area contributed by atoms with Crippen LogP contribution in [0.1, 0.15) is 41.6 Å². The minimum atomic E-state index is -0.0896. The zero-order valence-corrected chi connectivity index (χ0v) is 14.5. The van der Waals surface area contributed by atoms with Gasteiger partial charge in [0.1, 0.15) is 6.10 Å². The highest BCUT2D eigenvalue weighted by molar-refractivity contribution is 5.95. The Balaban J connectivity index is 1.87. The predicted molar refractivity (Wildman–Crippen MR) is 93.8 cm³/mol. The van der Waals surface area contributed by atoms with E-state index in [1.165, 1.54) is 0 Å². The lowest BCUT2D eigenvalue weighted by Gasteiger charge is -2.40. The number of benzene rings is 1. The molecule has 0 unspecified atom stereocenters. The van der Waals surface area contributed by atoms with E-state index in [1.54, 1.807) is 6.20 Å². The van der Waals surface area contributed by atoms with Crippen molar-refractivity contribution in [3.05, 3.63) is 65.5 Å². The Kier molecular flexibility index (Phi) is 4.95. The van der Waals surface area contributed by atoms with E-state index in [0.29, 0.717) is 24.6 Å². The average Bonchev–Trinajstić information content (AvgIpc) is 2.62. The predicted octanol–water partition coefficient (Wildman–Crippen LogP) is 3.63. The van der Waals surface area contributed by atoms with Crippen LogP contribution in [0.4, 0.5) is 0 Å². The van der Waals surface area contributed by atoms with Gasteiger partial charge in [-0.15, -0.1) is 0 Å². The van der Waals surface area contributed by atoms with E-state index in [2.05, 4.69) is 31.0 Å². The normalized spacial score (nSPS) is 21.1. The molecule has 1 fully saturated rings. The second kappa shape index (κ2) is 7.14. The molecule has 1 saturated heterocycles. The summed E-state index contributed by atoms with van der Waals surface area (Å²) in [4.78, 5) is 19.2. The minimum absolute atomic E-state index is 0.0323. The van der Waals surface area contributed by atoms with E-state index >= 15 is 0 Å². The van der Waals surface area contributed by atoms with E-state index in [4.69, 9.17) is 4.74 Å². The maximum atomic E-state index is 13.0. The van der Waals surface area contributed by atoms with Crippen LogP contribution in [-0.4, -0.2) is 35.0 Å². The Labute approximate surface area is 143 Å². The lowest BCUT2D eigenvalue weighted by Crippen LogP contribution is -2.48. The third-order valence-electron chi connectivity index (χ3n) is 4.57. The average molecular weight is 324 g/mol. The number of morpholine rings is 1. The van der Waals surface area contributed by atoms with Crippen molar-refractivity contribution in [3.63, 3.8) is 0 Å². The fraction of sp³-hybridized carbons (Fsp3) is 0.400. The molecule has 1 amide bonds. The first-order valence-electron chi connectivity index (χ1n) is 8.47. The van der Waals surface area contributed by atoms with E-state index in [1.807, 2.05) is 42.2 Å². The quantitative estimate of drug-likeness (QED) is 0.866. The van der Waals surface area contributed by atoms with Gasteiger partial charge in [-0.25, -0.2) is 0 Å². The van der Waals surface area contributed by atoms with Gasteiger partial charge in [-0.3, -0.25) is 9.78 Å². The van der Waals surface area contributed by atoms with Crippen LogP contribution in [0.25, 0.3) is 0 Å². The molecule has 0 N–H and O–H groups in total. The van der Waals surface area contributed by atoms with Crippen molar-refractivity contribution in [1.29, 1.82) is 0 Å². The molecule has 2 heterocycles. The number of hydrogen-bond acceptors (Lipinski definition) is 3. The summed E-state index contributed by atoms with van der Waals surface area (Å²) in [5, 5.41) is 0. The third kappa shape index (κ3) is 3.49. The van der Waals surface area contributed by atoms with Gasteiger partial charge in [-0.2, -0.15) is 0 Å². The van der Waals surface area contributed by atoms with Gasteiger partial charge in [-0.1, -0.05) is 44.2 Å². The monoisotopic (exact) mass is 324 g/mol. The molecule has 4 heteroatoms. The summed E-state index contributed by atoms with van der Waals surface area (Å²) in [7, 11) is 0. The summed E-state index contributed by atoms with van der Waals surface area (Å²) >= 11 is 0. The largest absolute Gasteiger partial charge is 0.366 e. The van der Waals surface area contributed by atoms with E-state index in [-0.39, 0.29) is 18.1 Å². The number of carbonyl (C=O) groups excluding carboxylic acids is 1. The molecule has 1 aromatic heterocycles. The number of ether oxygens (including phenoxy) is 1. The standard InChI is InChI=1S/C20H24N2O2/c1-14(2)18-12-22(20(23)17-10-7-11-21-15(17)3)13-19(24-18)16-8-5-4-6-9-16/h4-11,14,18-19H,12-13H2,1-3H3/t18-,19+/m1/s1. The van der Waals surface area contributed by atoms with Gasteiger partial charge < -0.3 is 9.64 Å². The molecule has 1 aliphatic heterocycles. The van der Waals surface area contributed by atoms with Gasteiger partial charge in [0.05, 0.1) is 18.2 Å². The van der Waals surface area contributed by atoms with Crippen LogP contribution in [0.2, 0.25) is 0 Å². The number of pyridine rings is 1. The van der Waals surface area contributed by atoms with Crippen LogP contribution < -0.4 is 0 Å². The summed E-state index contributed by atoms with van der Waals surface area (Å²) < 4.78 is 6.27. The van der Waals surface area contributed by atoms with Gasteiger partial charge in [0.15, 0.2) is 0 Å². The molecular formula is C20H24N2O2. The van der Waals surface area contributed by atoms with E-state index < -0.39 is 0 Å². The number of rotatable bonds is 3. The number of carbonyl (C=O) groups is 1. The molecule has 1 aliphatic rings. The Morgan fingerprint density at radius 3 is 2.58 bits per heavy atom. The summed E-state index contributed by atoms with van der Waals surface area (Å²) in [5.74, 6) is 0.386. The molecule has 1 aromatic carbocycles. The molecule has 0 spiro atoms. The molecule has 3 rings (SSSR count). The highest BCUT2D eigenvalue weighted by Crippen LogP contribution is 2.29. The highest BCUT2D eigenvalue weighted by atomic mass is 16.5. The van der Waals surface area contributed by atoms with Crippen molar-refractivity contribution in [2.45, 2.75) is 33.0 Å². The van der Waals surface area contributed by atoms with Crippen molar-refractivity contribution in [2.75, 3.05) is 13.1 Å². The molecule has 4 nitrogen and oxygen atoms in total. The smallest absolute Gasteiger partial charge is 0.255 e. The lowest BCUT2D eigenvalue weighted by atomic mass is 10.0. The van der Waals surface area contributed by atoms with Crippen molar-refractivity contribution < 1.29 is 9.53 Å². The second-order valence-corrected chi connectivity index (χ2v) is 6.66. The topological polar surface area (TPSA) is 42.4 Å². The van der Waals surface area contributed by atoms with Crippen LogP contribution in [0, 0.1) is 12.8 Å². The maximum Gasteiger partial charge on any atom is 0.255 e. The summed E-state index contributed by atoms with van der Waals surface area (Å²) in [6, 6.07) is 13.8. The number of aryl methyl sites for hydroxylation is 1. The summed E-state index contributed by atoms with van der Waals surface area (Å²) in [5.41, 5.74) is 2.56. The SMILES string of the molecule is Cc1ncccc1C(=O)N1C[C@@H](c2ccccc2)O[C@@H](C(C)C)C1. The Morgan fingerprint density at radius 1 is 1.17 bits per heavy atom. The molecule has 2 aromatic rings. The van der Waals surface area contributed by atoms with Crippen molar-refractivity contribution in [3.8, 4) is 0 Å². The molecule has 0 aliphatic carbocycles. The first kappa shape index (κ1) is 16.7. The Hall–Kier alpha value is -2.20. The van der Waals surface area contributed by atoms with Crippen LogP contribution >= 0.6 is 0 Å². The number of amides is 1. The Bertz CT molecular complexity index is 700. The van der Waals surface area contributed by atoms with Crippen molar-refractivity contribution in [1.82, 2.24) is 9.88 Å². The number of aromatic nitrogens is 1.